The van der Waals surface area contributed by atoms with E-state index in [-0.39, 0.29) is 47.1 Å². The van der Waals surface area contributed by atoms with Crippen molar-refractivity contribution >= 4 is 34.1 Å². The number of rotatable bonds is 9. The maximum absolute atomic E-state index is 12.9. The number of likely N-dealkylation sites (tertiary alicyclic amines) is 1. The second-order valence-corrected chi connectivity index (χ2v) is 8.49. The lowest BCUT2D eigenvalue weighted by atomic mass is 10.1. The molecule has 9 nitrogen and oxygen atoms in total. The number of aromatic nitrogens is 1. The second-order valence-electron chi connectivity index (χ2n) is 7.47. The fourth-order valence-electron chi connectivity index (χ4n) is 3.89. The van der Waals surface area contributed by atoms with Crippen LogP contribution in [0.15, 0.2) is 18.3 Å². The van der Waals surface area contributed by atoms with E-state index in [1.165, 1.54) is 7.11 Å². The molecular weight excluding hydrogens is 420 g/mol. The van der Waals surface area contributed by atoms with E-state index >= 15 is 0 Å². The minimum atomic E-state index is -0.655. The summed E-state index contributed by atoms with van der Waals surface area (Å²) in [5.74, 6) is -1.54. The third-order valence-electron chi connectivity index (χ3n) is 5.38. The van der Waals surface area contributed by atoms with Crippen molar-refractivity contribution in [2.24, 2.45) is 12.8 Å². The Labute approximate surface area is 185 Å². The molecule has 0 saturated carbocycles. The van der Waals surface area contributed by atoms with Gasteiger partial charge in [-0.15, -0.1) is 11.3 Å². The molecule has 1 saturated heterocycles. The van der Waals surface area contributed by atoms with Crippen LogP contribution in [0.5, 0.6) is 0 Å². The summed E-state index contributed by atoms with van der Waals surface area (Å²) in [5.41, 5.74) is 7.16. The highest BCUT2D eigenvalue weighted by molar-refractivity contribution is 7.18. The first-order valence-corrected chi connectivity index (χ1v) is 10.9. The smallest absolute Gasteiger partial charge is 0.341 e. The number of carbonyl (C=O) groups is 3. The number of methoxy groups -OCH3 is 1. The van der Waals surface area contributed by atoms with E-state index in [9.17, 15) is 14.4 Å². The van der Waals surface area contributed by atoms with E-state index in [0.717, 1.165) is 36.4 Å². The highest BCUT2D eigenvalue weighted by Crippen LogP contribution is 2.35. The molecule has 10 heteroatoms. The number of hydrogen-bond donors (Lipinski definition) is 2. The first-order chi connectivity index (χ1) is 14.8. The monoisotopic (exact) mass is 448 g/mol. The van der Waals surface area contributed by atoms with Gasteiger partial charge in [0.2, 0.25) is 5.91 Å². The summed E-state index contributed by atoms with van der Waals surface area (Å²) in [5, 5.41) is 3.07. The molecule has 2 aromatic rings. The van der Waals surface area contributed by atoms with Gasteiger partial charge >= 0.3 is 5.97 Å². The Balaban J connectivity index is 1.75. The van der Waals surface area contributed by atoms with Crippen molar-refractivity contribution in [3.05, 3.63) is 40.0 Å². The lowest BCUT2D eigenvalue weighted by molar-refractivity contribution is -0.117. The van der Waals surface area contributed by atoms with Crippen LogP contribution < -0.4 is 11.1 Å². The summed E-state index contributed by atoms with van der Waals surface area (Å²) >= 11 is 0.988. The van der Waals surface area contributed by atoms with Gasteiger partial charge in [-0.3, -0.25) is 14.5 Å². The van der Waals surface area contributed by atoms with E-state index in [0.29, 0.717) is 5.56 Å². The van der Waals surface area contributed by atoms with Crippen molar-refractivity contribution < 1.29 is 23.9 Å². The number of nitrogens with one attached hydrogen (secondary N) is 1. The molecule has 1 aliphatic heterocycles. The molecule has 2 amide bonds. The number of nitrogens with zero attached hydrogens (tertiary/aromatic N) is 2. The maximum atomic E-state index is 12.9. The molecule has 31 heavy (non-hydrogen) atoms. The van der Waals surface area contributed by atoms with Crippen molar-refractivity contribution in [1.82, 2.24) is 9.47 Å². The largest absolute Gasteiger partial charge is 0.460 e. The van der Waals surface area contributed by atoms with Crippen molar-refractivity contribution in [3.8, 4) is 0 Å². The topological polar surface area (TPSA) is 116 Å². The number of carbonyl (C=O) groups excluding carboxylic acids is 3. The predicted octanol–water partition coefficient (Wildman–Crippen LogP) is 2.07. The summed E-state index contributed by atoms with van der Waals surface area (Å²) in [7, 11) is 3.49. The summed E-state index contributed by atoms with van der Waals surface area (Å²) in [6.07, 6.45) is 3.98. The summed E-state index contributed by atoms with van der Waals surface area (Å²) in [6, 6.07) is 4.22. The standard InChI is InChI=1S/C21H28N4O5S/c1-13-17(21(28)30-11-10-29-3)20(31-18(13)19(22)27)23-16(26)12-25-9-5-7-15(25)14-6-4-8-24(14)2/h4,6,8,15H,5,7,9-12H2,1-3H3,(H2,22,27)(H,23,26)/t15-/m0/s1. The minimum Gasteiger partial charge on any atom is -0.460 e. The van der Waals surface area contributed by atoms with Gasteiger partial charge in [-0.1, -0.05) is 0 Å². The van der Waals surface area contributed by atoms with Crippen molar-refractivity contribution in [2.45, 2.75) is 25.8 Å². The van der Waals surface area contributed by atoms with Gasteiger partial charge in [0.1, 0.15) is 11.6 Å². The van der Waals surface area contributed by atoms with Gasteiger partial charge in [-0.05, 0) is 44.0 Å². The third-order valence-corrected chi connectivity index (χ3v) is 6.61. The van der Waals surface area contributed by atoms with E-state index in [2.05, 4.69) is 20.9 Å². The molecule has 1 aliphatic rings. The third kappa shape index (κ3) is 5.15. The van der Waals surface area contributed by atoms with Crippen LogP contribution >= 0.6 is 11.3 Å². The summed E-state index contributed by atoms with van der Waals surface area (Å²) < 4.78 is 12.2. The lowest BCUT2D eigenvalue weighted by Gasteiger charge is -2.24. The fraction of sp³-hybridized carbons (Fsp3) is 0.476. The van der Waals surface area contributed by atoms with Gasteiger partial charge in [-0.2, -0.15) is 0 Å². The number of hydrogen-bond acceptors (Lipinski definition) is 7. The minimum absolute atomic E-state index is 0.0655. The van der Waals surface area contributed by atoms with Crippen LogP contribution in [0.2, 0.25) is 0 Å². The number of ether oxygens (including phenoxy) is 2. The molecule has 0 unspecified atom stereocenters. The van der Waals surface area contributed by atoms with Crippen molar-refractivity contribution in [3.63, 3.8) is 0 Å². The van der Waals surface area contributed by atoms with E-state index in [1.807, 2.05) is 19.3 Å². The Bertz CT molecular complexity index is 967. The quantitative estimate of drug-likeness (QED) is 0.448. The van der Waals surface area contributed by atoms with Gasteiger partial charge in [0.05, 0.1) is 29.6 Å². The zero-order valence-electron chi connectivity index (χ0n) is 18.0. The SMILES string of the molecule is COCCOC(=O)c1c(NC(=O)CN2CCC[C@H]2c2cccn2C)sc(C(N)=O)c1C. The molecule has 0 aromatic carbocycles. The van der Waals surface area contributed by atoms with E-state index < -0.39 is 11.9 Å². The van der Waals surface area contributed by atoms with Crippen LogP contribution in [0.25, 0.3) is 0 Å². The van der Waals surface area contributed by atoms with Crippen LogP contribution in [0.4, 0.5) is 5.00 Å². The van der Waals surface area contributed by atoms with Gasteiger partial charge in [-0.25, -0.2) is 4.79 Å². The number of amides is 2. The number of nitrogens with two attached hydrogens (primary N) is 1. The summed E-state index contributed by atoms with van der Waals surface area (Å²) in [4.78, 5) is 39.6. The molecule has 3 heterocycles. The van der Waals surface area contributed by atoms with Gasteiger partial charge in [0.15, 0.2) is 0 Å². The predicted molar refractivity (Wildman–Crippen MR) is 117 cm³/mol. The zero-order valence-corrected chi connectivity index (χ0v) is 18.8. The normalized spacial score (nSPS) is 16.4. The highest BCUT2D eigenvalue weighted by atomic mass is 32.1. The molecule has 1 atom stereocenters. The van der Waals surface area contributed by atoms with Gasteiger partial charge in [0, 0.05) is 26.0 Å². The van der Waals surface area contributed by atoms with Crippen LogP contribution in [0.3, 0.4) is 0 Å². The zero-order chi connectivity index (χ0) is 22.5. The number of esters is 1. The average molecular weight is 449 g/mol. The molecule has 168 valence electrons. The first-order valence-electron chi connectivity index (χ1n) is 10.1. The molecule has 0 spiro atoms. The molecule has 0 aliphatic carbocycles. The molecule has 3 N–H and O–H groups in total. The number of aryl methyl sites for hydroxylation is 1. The van der Waals surface area contributed by atoms with E-state index in [1.54, 1.807) is 6.92 Å². The maximum Gasteiger partial charge on any atom is 0.341 e. The van der Waals surface area contributed by atoms with Crippen LogP contribution in [-0.4, -0.2) is 60.7 Å². The highest BCUT2D eigenvalue weighted by Gasteiger charge is 2.30. The van der Waals surface area contributed by atoms with Gasteiger partial charge in [0.25, 0.3) is 5.91 Å². The van der Waals surface area contributed by atoms with Crippen LogP contribution in [-0.2, 0) is 21.3 Å². The molecule has 0 bridgehead atoms. The molecule has 2 aromatic heterocycles. The van der Waals surface area contributed by atoms with Gasteiger partial charge < -0.3 is 25.1 Å². The molecule has 0 radical (unpaired) electrons. The Hall–Kier alpha value is -2.69. The molecule has 1 fully saturated rings. The lowest BCUT2D eigenvalue weighted by Crippen LogP contribution is -2.33. The Morgan fingerprint density at radius 1 is 1.32 bits per heavy atom. The van der Waals surface area contributed by atoms with Crippen LogP contribution in [0.1, 0.15) is 50.2 Å². The number of anilines is 1. The Morgan fingerprint density at radius 2 is 2.10 bits per heavy atom. The molecular formula is C21H28N4O5S. The van der Waals surface area contributed by atoms with Crippen molar-refractivity contribution in [1.29, 1.82) is 0 Å². The van der Waals surface area contributed by atoms with Crippen LogP contribution in [0, 0.1) is 6.92 Å². The average Bonchev–Trinajstić information content (AvgIpc) is 3.41. The second kappa shape index (κ2) is 10.1. The first kappa shape index (κ1) is 23.0. The van der Waals surface area contributed by atoms with Crippen molar-refractivity contribution in [2.75, 3.05) is 38.7 Å². The van der Waals surface area contributed by atoms with E-state index in [4.69, 9.17) is 15.2 Å². The number of thiophene rings is 1. The number of primary amides is 1. The molecule has 3 rings (SSSR count). The fourth-order valence-corrected chi connectivity index (χ4v) is 4.96. The Kier molecular flexibility index (Phi) is 7.47. The summed E-state index contributed by atoms with van der Waals surface area (Å²) in [6.45, 7) is 2.91. The Morgan fingerprint density at radius 3 is 2.74 bits per heavy atom.